The summed E-state index contributed by atoms with van der Waals surface area (Å²) < 4.78 is 63.7. The number of pyridine rings is 1. The highest BCUT2D eigenvalue weighted by molar-refractivity contribution is 7.92. The number of piperidine rings is 1. The fourth-order valence-corrected chi connectivity index (χ4v) is 6.93. The van der Waals surface area contributed by atoms with Gasteiger partial charge in [-0.25, -0.2) is 17.2 Å². The highest BCUT2D eigenvalue weighted by Crippen LogP contribution is 2.40. The summed E-state index contributed by atoms with van der Waals surface area (Å²) in [6.07, 6.45) is 0.904. The predicted molar refractivity (Wildman–Crippen MR) is 158 cm³/mol. The summed E-state index contributed by atoms with van der Waals surface area (Å²) in [7, 11) is -2.60. The van der Waals surface area contributed by atoms with Gasteiger partial charge in [0.25, 0.3) is 21.5 Å². The van der Waals surface area contributed by atoms with Gasteiger partial charge in [-0.2, -0.15) is 0 Å². The van der Waals surface area contributed by atoms with Crippen LogP contribution < -0.4 is 25.2 Å². The van der Waals surface area contributed by atoms with Crippen molar-refractivity contribution < 1.29 is 26.7 Å². The number of amides is 1. The summed E-state index contributed by atoms with van der Waals surface area (Å²) >= 11 is 0. The van der Waals surface area contributed by atoms with E-state index in [2.05, 4.69) is 14.9 Å². The second-order valence-electron chi connectivity index (χ2n) is 10.7. The van der Waals surface area contributed by atoms with Crippen LogP contribution in [-0.2, 0) is 16.6 Å². The maximum Gasteiger partial charge on any atom is 0.261 e. The average molecular weight is 607 g/mol. The third-order valence-corrected chi connectivity index (χ3v) is 9.25. The number of nitrogens with zero attached hydrogens (tertiary/aromatic N) is 2. The van der Waals surface area contributed by atoms with Crippen LogP contribution in [0.15, 0.2) is 88.6 Å². The molecule has 0 aliphatic carbocycles. The molecule has 1 saturated heterocycles. The lowest BCUT2D eigenvalue weighted by Gasteiger charge is -2.44. The van der Waals surface area contributed by atoms with E-state index in [1.807, 2.05) is 10.6 Å². The number of nitrogens with one attached hydrogen (secondary N) is 2. The van der Waals surface area contributed by atoms with Gasteiger partial charge in [0.1, 0.15) is 5.75 Å². The average Bonchev–Trinajstić information content (AvgIpc) is 2.99. The number of carbonyl (C=O) groups is 1. The van der Waals surface area contributed by atoms with Gasteiger partial charge in [-0.1, -0.05) is 6.07 Å². The van der Waals surface area contributed by atoms with Crippen molar-refractivity contribution >= 4 is 33.0 Å². The minimum absolute atomic E-state index is 0.000270. The highest BCUT2D eigenvalue weighted by Gasteiger charge is 2.35. The Morgan fingerprint density at radius 1 is 0.930 bits per heavy atom. The van der Waals surface area contributed by atoms with Crippen molar-refractivity contribution in [1.29, 1.82) is 0 Å². The first-order valence-electron chi connectivity index (χ1n) is 13.6. The van der Waals surface area contributed by atoms with Gasteiger partial charge < -0.3 is 19.5 Å². The zero-order valence-electron chi connectivity index (χ0n) is 23.1. The lowest BCUT2D eigenvalue weighted by molar-refractivity contribution is 0.102. The molecule has 6 rings (SSSR count). The molecule has 2 aliphatic heterocycles. The number of carbonyl (C=O) groups excluding carboxylic acids is 1. The van der Waals surface area contributed by atoms with Crippen molar-refractivity contribution in [2.24, 2.45) is 5.92 Å². The number of hydrogen-bond acceptors (Lipinski definition) is 6. The van der Waals surface area contributed by atoms with Crippen LogP contribution in [0.25, 0.3) is 0 Å². The number of halogens is 2. The van der Waals surface area contributed by atoms with Gasteiger partial charge in [-0.3, -0.25) is 14.3 Å². The Morgan fingerprint density at radius 3 is 2.47 bits per heavy atom. The maximum atomic E-state index is 13.7. The molecule has 1 amide bonds. The van der Waals surface area contributed by atoms with Crippen LogP contribution in [0, 0.1) is 17.6 Å². The van der Waals surface area contributed by atoms with E-state index in [0.717, 1.165) is 24.2 Å². The molecule has 2 N–H and O–H groups in total. The van der Waals surface area contributed by atoms with Crippen molar-refractivity contribution in [3.05, 3.63) is 112 Å². The Hall–Kier alpha value is -4.71. The largest absolute Gasteiger partial charge is 0.497 e. The molecule has 12 heteroatoms. The number of sulfonamides is 1. The van der Waals surface area contributed by atoms with E-state index in [1.165, 1.54) is 43.5 Å². The van der Waals surface area contributed by atoms with Crippen LogP contribution in [-0.4, -0.2) is 39.1 Å². The first-order valence-corrected chi connectivity index (χ1v) is 15.1. The minimum Gasteiger partial charge on any atom is -0.497 e. The molecule has 3 aromatic carbocycles. The number of benzene rings is 3. The third-order valence-electron chi connectivity index (χ3n) is 7.87. The molecule has 222 valence electrons. The van der Waals surface area contributed by atoms with Gasteiger partial charge >= 0.3 is 0 Å². The Balaban J connectivity index is 1.35. The summed E-state index contributed by atoms with van der Waals surface area (Å²) in [6, 6.07) is 18.8. The normalized spacial score (nSPS) is 17.6. The first kappa shape index (κ1) is 28.4. The quantitative estimate of drug-likeness (QED) is 0.313. The van der Waals surface area contributed by atoms with E-state index in [-0.39, 0.29) is 39.2 Å². The van der Waals surface area contributed by atoms with Gasteiger partial charge in [0.05, 0.1) is 23.4 Å². The van der Waals surface area contributed by atoms with Gasteiger partial charge in [-0.15, -0.1) is 0 Å². The van der Waals surface area contributed by atoms with Crippen molar-refractivity contribution in [1.82, 2.24) is 4.57 Å². The van der Waals surface area contributed by atoms with Crippen LogP contribution in [0.4, 0.5) is 25.8 Å². The van der Waals surface area contributed by atoms with E-state index in [1.54, 1.807) is 24.3 Å². The number of ether oxygens (including phenoxy) is 1. The molecule has 0 saturated carbocycles. The molecule has 3 heterocycles. The van der Waals surface area contributed by atoms with Gasteiger partial charge in [0.2, 0.25) is 0 Å². The molecule has 2 unspecified atom stereocenters. The van der Waals surface area contributed by atoms with Gasteiger partial charge in [0.15, 0.2) is 11.6 Å². The second-order valence-corrected chi connectivity index (χ2v) is 12.4. The molecular formula is C31H28F2N4O5S. The Bertz CT molecular complexity index is 1880. The van der Waals surface area contributed by atoms with Crippen LogP contribution in [0.5, 0.6) is 5.75 Å². The summed E-state index contributed by atoms with van der Waals surface area (Å²) in [4.78, 5) is 27.7. The van der Waals surface area contributed by atoms with Gasteiger partial charge in [-0.05, 0) is 73.0 Å². The fraction of sp³-hybridized carbons (Fsp3) is 0.226. The fourth-order valence-electron chi connectivity index (χ4n) is 5.86. The van der Waals surface area contributed by atoms with Crippen LogP contribution in [0.3, 0.4) is 0 Å². The Morgan fingerprint density at radius 2 is 1.72 bits per heavy atom. The SMILES string of the molecule is COc1ccc(S(=O)(=O)Nc2cc(C(=O)Nc3ccc(F)c(F)c3)ccc2N2CC3CC(C2)c2cccc(=O)n2C3)cc1. The molecule has 0 spiro atoms. The molecule has 4 aromatic rings. The summed E-state index contributed by atoms with van der Waals surface area (Å²) in [6.45, 7) is 1.68. The smallest absolute Gasteiger partial charge is 0.261 e. The molecule has 1 fully saturated rings. The summed E-state index contributed by atoms with van der Waals surface area (Å²) in [5.41, 5.74) is 1.81. The first-order chi connectivity index (χ1) is 20.6. The van der Waals surface area contributed by atoms with Crippen molar-refractivity contribution in [3.63, 3.8) is 0 Å². The lowest BCUT2D eigenvalue weighted by atomic mass is 9.83. The zero-order chi connectivity index (χ0) is 30.3. The van der Waals surface area contributed by atoms with Crippen LogP contribution in [0.2, 0.25) is 0 Å². The van der Waals surface area contributed by atoms with E-state index >= 15 is 0 Å². The molecule has 1 aromatic heterocycles. The van der Waals surface area contributed by atoms with Crippen LogP contribution in [0.1, 0.15) is 28.4 Å². The number of aromatic nitrogens is 1. The molecule has 0 radical (unpaired) electrons. The van der Waals surface area contributed by atoms with E-state index in [4.69, 9.17) is 4.74 Å². The number of fused-ring (bicyclic) bond motifs is 4. The highest BCUT2D eigenvalue weighted by atomic mass is 32.2. The zero-order valence-corrected chi connectivity index (χ0v) is 23.9. The predicted octanol–water partition coefficient (Wildman–Crippen LogP) is 4.81. The van der Waals surface area contributed by atoms with E-state index < -0.39 is 27.6 Å². The number of methoxy groups -OCH3 is 1. The molecular weight excluding hydrogens is 578 g/mol. The van der Waals surface area contributed by atoms with Crippen LogP contribution >= 0.6 is 0 Å². The maximum absolute atomic E-state index is 13.7. The van der Waals surface area contributed by atoms with Crippen molar-refractivity contribution in [3.8, 4) is 5.75 Å². The molecule has 2 aliphatic rings. The standard InChI is InChI=1S/C31H28F2N4O5S/c1-42-23-7-9-24(10-8-23)43(40,41)35-27-14-20(31(39)34-22-6-11-25(32)26(33)15-22)5-12-29(27)36-16-19-13-21(18-36)28-3-2-4-30(38)37(28)17-19/h2-12,14-15,19,21,35H,13,16-18H2,1H3,(H,34,39). The second kappa shape index (κ2) is 11.2. The van der Waals surface area contributed by atoms with E-state index in [9.17, 15) is 26.8 Å². The molecule has 2 atom stereocenters. The number of rotatable bonds is 7. The van der Waals surface area contributed by atoms with Gasteiger partial charge in [0, 0.05) is 54.6 Å². The van der Waals surface area contributed by atoms with E-state index in [0.29, 0.717) is 31.1 Å². The molecule has 9 nitrogen and oxygen atoms in total. The summed E-state index contributed by atoms with van der Waals surface area (Å²) in [5, 5.41) is 2.53. The molecule has 2 bridgehead atoms. The lowest BCUT2D eigenvalue weighted by Crippen LogP contribution is -2.47. The van der Waals surface area contributed by atoms with Crippen molar-refractivity contribution in [2.45, 2.75) is 23.8 Å². The minimum atomic E-state index is -4.08. The summed E-state index contributed by atoms with van der Waals surface area (Å²) in [5.74, 6) is -2.07. The monoisotopic (exact) mass is 606 g/mol. The number of hydrogen-bond donors (Lipinski definition) is 2. The topological polar surface area (TPSA) is 110 Å². The Labute approximate surface area is 246 Å². The Kier molecular flexibility index (Phi) is 7.38. The molecule has 43 heavy (non-hydrogen) atoms. The number of anilines is 3. The van der Waals surface area contributed by atoms with Crippen molar-refractivity contribution in [2.75, 3.05) is 35.1 Å². The third kappa shape index (κ3) is 5.70.